The summed E-state index contributed by atoms with van der Waals surface area (Å²) in [6.45, 7) is 4.18. The largest absolute Gasteiger partial charge is 0.383 e. The van der Waals surface area contributed by atoms with E-state index in [9.17, 15) is 5.11 Å². The van der Waals surface area contributed by atoms with Gasteiger partial charge in [-0.3, -0.25) is 0 Å². The molecular weight excluding hydrogens is 224 g/mol. The SMILES string of the molecule is CCc1ccsc1C(O)c1ccsc1C. The van der Waals surface area contributed by atoms with Gasteiger partial charge in [0.25, 0.3) is 0 Å². The third kappa shape index (κ3) is 2.00. The van der Waals surface area contributed by atoms with E-state index in [2.05, 4.69) is 25.3 Å². The minimum atomic E-state index is -0.439. The molecule has 3 heteroatoms. The van der Waals surface area contributed by atoms with Crippen molar-refractivity contribution >= 4 is 22.7 Å². The summed E-state index contributed by atoms with van der Waals surface area (Å²) in [7, 11) is 0. The summed E-state index contributed by atoms with van der Waals surface area (Å²) >= 11 is 3.33. The van der Waals surface area contributed by atoms with Crippen molar-refractivity contribution in [3.63, 3.8) is 0 Å². The number of aryl methyl sites for hydroxylation is 2. The van der Waals surface area contributed by atoms with E-state index >= 15 is 0 Å². The summed E-state index contributed by atoms with van der Waals surface area (Å²) in [5, 5.41) is 14.4. The van der Waals surface area contributed by atoms with Crippen LogP contribution in [0.5, 0.6) is 0 Å². The fraction of sp³-hybridized carbons (Fsp3) is 0.333. The van der Waals surface area contributed by atoms with E-state index in [4.69, 9.17) is 0 Å². The molecule has 0 saturated heterocycles. The molecule has 0 saturated carbocycles. The van der Waals surface area contributed by atoms with Gasteiger partial charge in [-0.25, -0.2) is 0 Å². The number of aliphatic hydroxyl groups is 1. The van der Waals surface area contributed by atoms with Crippen molar-refractivity contribution in [1.82, 2.24) is 0 Å². The van der Waals surface area contributed by atoms with Gasteiger partial charge >= 0.3 is 0 Å². The zero-order valence-corrected chi connectivity index (χ0v) is 10.5. The molecule has 1 atom stereocenters. The van der Waals surface area contributed by atoms with Crippen LogP contribution in [0.1, 0.15) is 33.9 Å². The summed E-state index contributed by atoms with van der Waals surface area (Å²) < 4.78 is 0. The quantitative estimate of drug-likeness (QED) is 0.863. The predicted octanol–water partition coefficient (Wildman–Crippen LogP) is 3.76. The first-order valence-corrected chi connectivity index (χ1v) is 6.78. The maximum atomic E-state index is 10.3. The maximum absolute atomic E-state index is 10.3. The van der Waals surface area contributed by atoms with E-state index in [-0.39, 0.29) is 0 Å². The van der Waals surface area contributed by atoms with Crippen molar-refractivity contribution in [3.8, 4) is 0 Å². The average molecular weight is 238 g/mol. The predicted molar refractivity (Wildman–Crippen MR) is 66.8 cm³/mol. The molecule has 2 aromatic heterocycles. The summed E-state index contributed by atoms with van der Waals surface area (Å²) in [5.41, 5.74) is 2.32. The van der Waals surface area contributed by atoms with Gasteiger partial charge in [0.2, 0.25) is 0 Å². The third-order valence-corrected chi connectivity index (χ3v) is 4.48. The van der Waals surface area contributed by atoms with Crippen molar-refractivity contribution in [3.05, 3.63) is 43.8 Å². The molecule has 0 spiro atoms. The normalized spacial score (nSPS) is 13.0. The van der Waals surface area contributed by atoms with Crippen molar-refractivity contribution in [2.24, 2.45) is 0 Å². The molecule has 1 N–H and O–H groups in total. The van der Waals surface area contributed by atoms with Crippen LogP contribution in [0.25, 0.3) is 0 Å². The van der Waals surface area contributed by atoms with Crippen molar-refractivity contribution in [2.75, 3.05) is 0 Å². The monoisotopic (exact) mass is 238 g/mol. The second-order valence-electron chi connectivity index (χ2n) is 3.50. The van der Waals surface area contributed by atoms with E-state index in [0.717, 1.165) is 16.9 Å². The van der Waals surface area contributed by atoms with Gasteiger partial charge in [-0.2, -0.15) is 0 Å². The highest BCUT2D eigenvalue weighted by Crippen LogP contribution is 2.33. The van der Waals surface area contributed by atoms with Crippen LogP contribution in [-0.4, -0.2) is 5.11 Å². The lowest BCUT2D eigenvalue weighted by Crippen LogP contribution is -1.99. The molecule has 0 aliphatic carbocycles. The molecule has 2 rings (SSSR count). The van der Waals surface area contributed by atoms with Gasteiger partial charge in [-0.05, 0) is 47.4 Å². The first kappa shape index (κ1) is 10.9. The van der Waals surface area contributed by atoms with E-state index in [1.807, 2.05) is 11.4 Å². The van der Waals surface area contributed by atoms with E-state index in [1.54, 1.807) is 22.7 Å². The van der Waals surface area contributed by atoms with Gasteiger partial charge in [-0.1, -0.05) is 6.92 Å². The average Bonchev–Trinajstić information content (AvgIpc) is 2.84. The zero-order valence-electron chi connectivity index (χ0n) is 8.86. The molecular formula is C12H14OS2. The van der Waals surface area contributed by atoms with Crippen LogP contribution in [0.3, 0.4) is 0 Å². The van der Waals surface area contributed by atoms with Gasteiger partial charge in [0.05, 0.1) is 0 Å². The highest BCUT2D eigenvalue weighted by atomic mass is 32.1. The fourth-order valence-corrected chi connectivity index (χ4v) is 3.43. The molecule has 0 fully saturated rings. The maximum Gasteiger partial charge on any atom is 0.115 e. The molecule has 15 heavy (non-hydrogen) atoms. The molecule has 2 aromatic rings. The Morgan fingerprint density at radius 3 is 2.60 bits per heavy atom. The minimum absolute atomic E-state index is 0.439. The number of hydrogen-bond acceptors (Lipinski definition) is 3. The number of hydrogen-bond donors (Lipinski definition) is 1. The molecule has 2 heterocycles. The summed E-state index contributed by atoms with van der Waals surface area (Å²) in [6.07, 6.45) is 0.546. The molecule has 0 aliphatic rings. The topological polar surface area (TPSA) is 20.2 Å². The van der Waals surface area contributed by atoms with Crippen LogP contribution < -0.4 is 0 Å². The van der Waals surface area contributed by atoms with Crippen LogP contribution >= 0.6 is 22.7 Å². The zero-order chi connectivity index (χ0) is 10.8. The molecule has 0 amide bonds. The lowest BCUT2D eigenvalue weighted by Gasteiger charge is -2.10. The number of aliphatic hydroxyl groups excluding tert-OH is 1. The van der Waals surface area contributed by atoms with Crippen LogP contribution in [0, 0.1) is 6.92 Å². The molecule has 1 unspecified atom stereocenters. The summed E-state index contributed by atoms with van der Waals surface area (Å²) in [4.78, 5) is 2.30. The molecule has 80 valence electrons. The first-order valence-electron chi connectivity index (χ1n) is 5.02. The Morgan fingerprint density at radius 2 is 2.00 bits per heavy atom. The Morgan fingerprint density at radius 1 is 1.27 bits per heavy atom. The van der Waals surface area contributed by atoms with Crippen LogP contribution in [0.15, 0.2) is 22.9 Å². The summed E-state index contributed by atoms with van der Waals surface area (Å²) in [5.74, 6) is 0. The Balaban J connectivity index is 2.36. The van der Waals surface area contributed by atoms with E-state index in [0.29, 0.717) is 0 Å². The molecule has 0 aromatic carbocycles. The van der Waals surface area contributed by atoms with Gasteiger partial charge < -0.3 is 5.11 Å². The van der Waals surface area contributed by atoms with Crippen LogP contribution in [0.4, 0.5) is 0 Å². The molecule has 1 nitrogen and oxygen atoms in total. The lowest BCUT2D eigenvalue weighted by molar-refractivity contribution is 0.223. The van der Waals surface area contributed by atoms with Gasteiger partial charge in [0.15, 0.2) is 0 Å². The van der Waals surface area contributed by atoms with Crippen molar-refractivity contribution < 1.29 is 5.11 Å². The molecule has 0 bridgehead atoms. The minimum Gasteiger partial charge on any atom is -0.383 e. The van der Waals surface area contributed by atoms with Crippen LogP contribution in [0.2, 0.25) is 0 Å². The smallest absolute Gasteiger partial charge is 0.115 e. The van der Waals surface area contributed by atoms with E-state index < -0.39 is 6.10 Å². The highest BCUT2D eigenvalue weighted by molar-refractivity contribution is 7.10. The Kier molecular flexibility index (Phi) is 3.24. The highest BCUT2D eigenvalue weighted by Gasteiger charge is 2.17. The van der Waals surface area contributed by atoms with Gasteiger partial charge in [0, 0.05) is 9.75 Å². The lowest BCUT2D eigenvalue weighted by atomic mass is 10.1. The second-order valence-corrected chi connectivity index (χ2v) is 5.57. The van der Waals surface area contributed by atoms with Crippen molar-refractivity contribution in [1.29, 1.82) is 0 Å². The third-order valence-electron chi connectivity index (χ3n) is 2.60. The fourth-order valence-electron chi connectivity index (χ4n) is 1.70. The van der Waals surface area contributed by atoms with E-state index in [1.165, 1.54) is 10.4 Å². The van der Waals surface area contributed by atoms with Gasteiger partial charge in [0.1, 0.15) is 6.10 Å². The van der Waals surface area contributed by atoms with Gasteiger partial charge in [-0.15, -0.1) is 22.7 Å². The Labute approximate surface area is 98.0 Å². The second kappa shape index (κ2) is 4.47. The van der Waals surface area contributed by atoms with Crippen LogP contribution in [-0.2, 0) is 6.42 Å². The summed E-state index contributed by atoms with van der Waals surface area (Å²) in [6, 6.07) is 4.12. The molecule has 0 aliphatic heterocycles. The standard InChI is InChI=1S/C12H14OS2/c1-3-9-4-6-15-12(9)11(13)10-5-7-14-8(10)2/h4-7,11,13H,3H2,1-2H3. The Bertz CT molecular complexity index is 442. The molecule has 0 radical (unpaired) electrons. The number of thiophene rings is 2. The van der Waals surface area contributed by atoms with Crippen molar-refractivity contribution in [2.45, 2.75) is 26.4 Å². The Hall–Kier alpha value is -0.640. The first-order chi connectivity index (χ1) is 7.24. The number of rotatable bonds is 3.